The zero-order valence-corrected chi connectivity index (χ0v) is 34.0. The van der Waals surface area contributed by atoms with Gasteiger partial charge in [0.2, 0.25) is 0 Å². The summed E-state index contributed by atoms with van der Waals surface area (Å²) in [6, 6.07) is 88.6. The van der Waals surface area contributed by atoms with Crippen molar-refractivity contribution in [3.05, 3.63) is 243 Å². The molecule has 0 radical (unpaired) electrons. The first-order chi connectivity index (χ1) is 30.8. The maximum atomic E-state index is 2.46. The molecule has 12 rings (SSSR count). The molecule has 2 nitrogen and oxygen atoms in total. The van der Waals surface area contributed by atoms with Crippen molar-refractivity contribution in [3.63, 3.8) is 0 Å². The maximum Gasteiger partial charge on any atom is 0.0547 e. The second kappa shape index (κ2) is 14.8. The van der Waals surface area contributed by atoms with E-state index in [1.807, 2.05) is 0 Å². The van der Waals surface area contributed by atoms with Crippen molar-refractivity contribution in [2.24, 2.45) is 0 Å². The van der Waals surface area contributed by atoms with Crippen LogP contribution in [0.4, 0.5) is 17.1 Å². The predicted octanol–water partition coefficient (Wildman–Crippen LogP) is 16.7. The van der Waals surface area contributed by atoms with Gasteiger partial charge in [0.25, 0.3) is 0 Å². The Morgan fingerprint density at radius 1 is 0.274 bits per heavy atom. The van der Waals surface area contributed by atoms with Crippen LogP contribution in [0.15, 0.2) is 243 Å². The van der Waals surface area contributed by atoms with Crippen LogP contribution in [0.5, 0.6) is 0 Å². The van der Waals surface area contributed by atoms with Crippen molar-refractivity contribution in [1.82, 2.24) is 4.57 Å². The lowest BCUT2D eigenvalue weighted by Gasteiger charge is -2.30. The van der Waals surface area contributed by atoms with Gasteiger partial charge in [0.15, 0.2) is 0 Å². The molecule has 0 bridgehead atoms. The second-order valence-corrected chi connectivity index (χ2v) is 16.1. The third kappa shape index (κ3) is 5.96. The molecule has 0 aliphatic carbocycles. The van der Waals surface area contributed by atoms with E-state index in [1.54, 1.807) is 0 Å². The molecule has 0 atom stereocenters. The molecule has 0 unspecified atom stereocenters. The number of aromatic nitrogens is 1. The molecule has 0 N–H and O–H groups in total. The number of benzene rings is 11. The zero-order chi connectivity index (χ0) is 41.0. The van der Waals surface area contributed by atoms with Gasteiger partial charge in [-0.1, -0.05) is 188 Å². The van der Waals surface area contributed by atoms with Crippen LogP contribution in [0.2, 0.25) is 0 Å². The van der Waals surface area contributed by atoms with Crippen molar-refractivity contribution < 1.29 is 0 Å². The van der Waals surface area contributed by atoms with Gasteiger partial charge in [0, 0.05) is 33.1 Å². The number of fused-ring (bicyclic) bond motifs is 6. The minimum Gasteiger partial charge on any atom is -0.309 e. The maximum absolute atomic E-state index is 2.46. The summed E-state index contributed by atoms with van der Waals surface area (Å²) in [6.07, 6.45) is 0. The third-order valence-corrected chi connectivity index (χ3v) is 12.5. The molecule has 290 valence electrons. The normalized spacial score (nSPS) is 11.5. The zero-order valence-electron chi connectivity index (χ0n) is 34.0. The van der Waals surface area contributed by atoms with Crippen molar-refractivity contribution in [3.8, 4) is 39.1 Å². The number of nitrogens with zero attached hydrogens (tertiary/aromatic N) is 2. The Hall–Kier alpha value is -8.20. The summed E-state index contributed by atoms with van der Waals surface area (Å²) >= 11 is 0. The Morgan fingerprint density at radius 2 is 0.855 bits per heavy atom. The van der Waals surface area contributed by atoms with Crippen molar-refractivity contribution in [2.45, 2.75) is 0 Å². The number of para-hydroxylation sites is 2. The molecule has 0 aliphatic heterocycles. The number of anilines is 3. The van der Waals surface area contributed by atoms with Crippen LogP contribution in [0.3, 0.4) is 0 Å². The Bertz CT molecular complexity index is 3650. The highest BCUT2D eigenvalue weighted by Crippen LogP contribution is 2.47. The molecule has 12 aromatic rings. The van der Waals surface area contributed by atoms with E-state index in [4.69, 9.17) is 0 Å². The molecular weight excluding hydrogens is 749 g/mol. The van der Waals surface area contributed by atoms with Crippen molar-refractivity contribution in [1.29, 1.82) is 0 Å². The monoisotopic (exact) mass is 788 g/mol. The molecule has 0 fully saturated rings. The average molecular weight is 789 g/mol. The van der Waals surface area contributed by atoms with Crippen LogP contribution >= 0.6 is 0 Å². The van der Waals surface area contributed by atoms with E-state index in [0.29, 0.717) is 0 Å². The fourth-order valence-electron chi connectivity index (χ4n) is 9.69. The predicted molar refractivity (Wildman–Crippen MR) is 264 cm³/mol. The van der Waals surface area contributed by atoms with Gasteiger partial charge < -0.3 is 9.47 Å². The molecule has 62 heavy (non-hydrogen) atoms. The Kier molecular flexibility index (Phi) is 8.53. The summed E-state index contributed by atoms with van der Waals surface area (Å²) < 4.78 is 2.43. The molecule has 0 amide bonds. The van der Waals surface area contributed by atoms with Gasteiger partial charge in [0.05, 0.1) is 22.4 Å². The highest BCUT2D eigenvalue weighted by molar-refractivity contribution is 6.14. The van der Waals surface area contributed by atoms with Crippen LogP contribution < -0.4 is 4.90 Å². The SMILES string of the molecule is c1ccc(-c2ccccc2N(c2cccc(-c3cccc(-n4c5ccccc5c5cc6ccccc6cc54)c3)c2)c2ccc(-c3cccc4ccccc34)c3ccccc23)cc1. The molecule has 1 heterocycles. The first-order valence-corrected chi connectivity index (χ1v) is 21.3. The topological polar surface area (TPSA) is 8.17 Å². The van der Waals surface area contributed by atoms with E-state index >= 15 is 0 Å². The molecular formula is C60H40N2. The number of hydrogen-bond donors (Lipinski definition) is 0. The molecule has 0 aliphatic rings. The van der Waals surface area contributed by atoms with E-state index in [1.165, 1.54) is 76.4 Å². The quantitative estimate of drug-likeness (QED) is 0.156. The van der Waals surface area contributed by atoms with Crippen LogP contribution in [-0.4, -0.2) is 4.57 Å². The minimum atomic E-state index is 1.09. The van der Waals surface area contributed by atoms with Gasteiger partial charge >= 0.3 is 0 Å². The first kappa shape index (κ1) is 35.7. The number of rotatable bonds is 7. The van der Waals surface area contributed by atoms with Crippen LogP contribution in [0.1, 0.15) is 0 Å². The van der Waals surface area contributed by atoms with Gasteiger partial charge in [-0.05, 0) is 109 Å². The Balaban J connectivity index is 1.05. The fraction of sp³-hybridized carbons (Fsp3) is 0. The second-order valence-electron chi connectivity index (χ2n) is 16.1. The molecule has 0 saturated heterocycles. The highest BCUT2D eigenvalue weighted by Gasteiger charge is 2.22. The lowest BCUT2D eigenvalue weighted by Crippen LogP contribution is -2.12. The van der Waals surface area contributed by atoms with E-state index in [-0.39, 0.29) is 0 Å². The van der Waals surface area contributed by atoms with E-state index in [2.05, 4.69) is 252 Å². The lowest BCUT2D eigenvalue weighted by atomic mass is 9.92. The summed E-state index contributed by atoms with van der Waals surface area (Å²) in [5.41, 5.74) is 14.0. The molecule has 1 aromatic heterocycles. The van der Waals surface area contributed by atoms with Crippen molar-refractivity contribution in [2.75, 3.05) is 4.90 Å². The van der Waals surface area contributed by atoms with Gasteiger partial charge in [-0.2, -0.15) is 0 Å². The summed E-state index contributed by atoms with van der Waals surface area (Å²) in [5, 5.41) is 9.90. The summed E-state index contributed by atoms with van der Waals surface area (Å²) in [6.45, 7) is 0. The highest BCUT2D eigenvalue weighted by atomic mass is 15.1. The molecule has 11 aromatic carbocycles. The van der Waals surface area contributed by atoms with Gasteiger partial charge in [-0.3, -0.25) is 0 Å². The van der Waals surface area contributed by atoms with E-state index in [9.17, 15) is 0 Å². The van der Waals surface area contributed by atoms with Gasteiger partial charge in [0.1, 0.15) is 0 Å². The van der Waals surface area contributed by atoms with Crippen molar-refractivity contribution >= 4 is 71.2 Å². The van der Waals surface area contributed by atoms with E-state index in [0.717, 1.165) is 33.9 Å². The van der Waals surface area contributed by atoms with Crippen LogP contribution in [-0.2, 0) is 0 Å². The fourth-order valence-corrected chi connectivity index (χ4v) is 9.69. The molecule has 0 saturated carbocycles. The summed E-state index contributed by atoms with van der Waals surface area (Å²) in [7, 11) is 0. The average Bonchev–Trinajstić information content (AvgIpc) is 3.67. The molecule has 0 spiro atoms. The number of hydrogen-bond acceptors (Lipinski definition) is 1. The van der Waals surface area contributed by atoms with Crippen LogP contribution in [0.25, 0.3) is 93.2 Å². The van der Waals surface area contributed by atoms with Crippen LogP contribution in [0, 0.1) is 0 Å². The Morgan fingerprint density at radius 3 is 1.71 bits per heavy atom. The van der Waals surface area contributed by atoms with E-state index < -0.39 is 0 Å². The van der Waals surface area contributed by atoms with Gasteiger partial charge in [-0.25, -0.2) is 0 Å². The smallest absolute Gasteiger partial charge is 0.0547 e. The largest absolute Gasteiger partial charge is 0.309 e. The third-order valence-electron chi connectivity index (χ3n) is 12.5. The lowest BCUT2D eigenvalue weighted by molar-refractivity contribution is 1.18. The standard InChI is InChI=1S/C60H40N2/c1-2-17-42(18-3-1)50-28-10-12-33-57(50)61(59-36-35-53(52-29-8-9-30-54(52)59)51-32-16-22-41-19-6-7-27-49(41)51)47-25-14-23-43(37-47)44-24-15-26-48(38-44)62-58-34-13-11-31-55(58)56-39-45-20-4-5-21-46(45)40-60(56)62/h1-40H. The Labute approximate surface area is 360 Å². The summed E-state index contributed by atoms with van der Waals surface area (Å²) in [5.74, 6) is 0. The van der Waals surface area contributed by atoms with Gasteiger partial charge in [-0.15, -0.1) is 0 Å². The molecule has 2 heteroatoms. The summed E-state index contributed by atoms with van der Waals surface area (Å²) in [4.78, 5) is 2.46. The first-order valence-electron chi connectivity index (χ1n) is 21.3. The minimum absolute atomic E-state index is 1.09.